The van der Waals surface area contributed by atoms with Crippen molar-refractivity contribution in [1.29, 1.82) is 0 Å². The summed E-state index contributed by atoms with van der Waals surface area (Å²) in [5.41, 5.74) is 2.92. The molecule has 0 saturated carbocycles. The molecule has 27 heavy (non-hydrogen) atoms. The third-order valence-corrected chi connectivity index (χ3v) is 6.43. The first kappa shape index (κ1) is 17.9. The molecule has 0 saturated heterocycles. The number of hydrogen-bond donors (Lipinski definition) is 1. The van der Waals surface area contributed by atoms with Crippen LogP contribution in [0.5, 0.6) is 0 Å². The maximum Gasteiger partial charge on any atom is 0.262 e. The van der Waals surface area contributed by atoms with E-state index in [1.807, 2.05) is 31.2 Å². The molecule has 2 aromatic heterocycles. The van der Waals surface area contributed by atoms with Crippen molar-refractivity contribution in [2.24, 2.45) is 5.92 Å². The van der Waals surface area contributed by atoms with Crippen LogP contribution in [0, 0.1) is 5.92 Å². The lowest BCUT2D eigenvalue weighted by atomic mass is 9.89. The number of carbonyl (C=O) groups is 1. The molecule has 0 radical (unpaired) electrons. The summed E-state index contributed by atoms with van der Waals surface area (Å²) < 4.78 is 1.43. The highest BCUT2D eigenvalue weighted by Gasteiger charge is 2.23. The molecule has 1 aliphatic rings. The minimum Gasteiger partial charge on any atom is -0.324 e. The van der Waals surface area contributed by atoms with E-state index in [0.717, 1.165) is 47.3 Å². The van der Waals surface area contributed by atoms with E-state index >= 15 is 0 Å². The number of nitrogens with zero attached hydrogens (tertiary/aromatic N) is 2. The Hall–Kier alpha value is -2.47. The Balaban J connectivity index is 1.62. The second-order valence-corrected chi connectivity index (χ2v) is 8.35. The van der Waals surface area contributed by atoms with Crippen LogP contribution in [0.15, 0.2) is 35.4 Å². The molecule has 1 aromatic carbocycles. The molecule has 140 valence electrons. The van der Waals surface area contributed by atoms with Crippen molar-refractivity contribution in [3.05, 3.63) is 57.0 Å². The number of nitrogens with one attached hydrogen (secondary N) is 1. The van der Waals surface area contributed by atoms with Gasteiger partial charge in [0.1, 0.15) is 11.4 Å². The molecule has 4 rings (SSSR count). The number of para-hydroxylation sites is 1. The van der Waals surface area contributed by atoms with Crippen LogP contribution in [-0.2, 0) is 30.6 Å². The fraction of sp³-hybridized carbons (Fsp3) is 0.381. The molecule has 1 N–H and O–H groups in total. The number of benzene rings is 1. The van der Waals surface area contributed by atoms with Crippen molar-refractivity contribution < 1.29 is 4.79 Å². The minimum absolute atomic E-state index is 0.0269. The topological polar surface area (TPSA) is 64.0 Å². The molecule has 5 nitrogen and oxygen atoms in total. The molecule has 0 aliphatic heterocycles. The van der Waals surface area contributed by atoms with Crippen molar-refractivity contribution in [3.8, 4) is 0 Å². The zero-order valence-corrected chi connectivity index (χ0v) is 16.4. The van der Waals surface area contributed by atoms with E-state index in [2.05, 4.69) is 17.2 Å². The number of rotatable bonds is 4. The molecule has 6 heteroatoms. The number of thiophene rings is 1. The first-order chi connectivity index (χ1) is 13.1. The molecule has 0 bridgehead atoms. The Morgan fingerprint density at radius 2 is 2.19 bits per heavy atom. The maximum absolute atomic E-state index is 13.0. The van der Waals surface area contributed by atoms with Crippen LogP contribution in [0.1, 0.15) is 36.3 Å². The summed E-state index contributed by atoms with van der Waals surface area (Å²) >= 11 is 1.63. The summed E-state index contributed by atoms with van der Waals surface area (Å²) in [5.74, 6) is 0.439. The molecule has 3 aromatic rings. The van der Waals surface area contributed by atoms with Crippen molar-refractivity contribution >= 4 is 33.1 Å². The number of anilines is 1. The Morgan fingerprint density at radius 3 is 3.00 bits per heavy atom. The summed E-state index contributed by atoms with van der Waals surface area (Å²) in [6.07, 6.45) is 5.38. The van der Waals surface area contributed by atoms with E-state index < -0.39 is 0 Å². The van der Waals surface area contributed by atoms with Crippen molar-refractivity contribution in [2.45, 2.75) is 46.1 Å². The molecule has 1 amide bonds. The van der Waals surface area contributed by atoms with Crippen LogP contribution in [-0.4, -0.2) is 15.5 Å². The number of aromatic nitrogens is 2. The summed E-state index contributed by atoms with van der Waals surface area (Å²) in [4.78, 5) is 32.1. The predicted octanol–water partition coefficient (Wildman–Crippen LogP) is 3.78. The fourth-order valence-electron chi connectivity index (χ4n) is 3.77. The second-order valence-electron chi connectivity index (χ2n) is 7.27. The SMILES string of the molecule is CCc1ccccc1NC(=O)Cn1cnc2sc3c(c2c1=O)CC[C@@H](C)C3. The van der Waals surface area contributed by atoms with Gasteiger partial charge in [0.05, 0.1) is 11.7 Å². The van der Waals surface area contributed by atoms with E-state index in [0.29, 0.717) is 11.3 Å². The Bertz CT molecular complexity index is 1070. The van der Waals surface area contributed by atoms with E-state index in [1.165, 1.54) is 15.8 Å². The summed E-state index contributed by atoms with van der Waals surface area (Å²) in [5, 5.41) is 3.64. The zero-order valence-electron chi connectivity index (χ0n) is 15.6. The molecule has 0 unspecified atom stereocenters. The quantitative estimate of drug-likeness (QED) is 0.748. The number of aryl methyl sites for hydroxylation is 2. The second kappa shape index (κ2) is 7.27. The van der Waals surface area contributed by atoms with Crippen LogP contribution >= 0.6 is 11.3 Å². The average molecular weight is 382 g/mol. The largest absolute Gasteiger partial charge is 0.324 e. The Labute approximate surface area is 162 Å². The van der Waals surface area contributed by atoms with E-state index in [4.69, 9.17) is 0 Å². The third-order valence-electron chi connectivity index (χ3n) is 5.27. The summed E-state index contributed by atoms with van der Waals surface area (Å²) in [7, 11) is 0. The normalized spacial score (nSPS) is 16.3. The first-order valence-electron chi connectivity index (χ1n) is 9.44. The van der Waals surface area contributed by atoms with Crippen molar-refractivity contribution in [2.75, 3.05) is 5.32 Å². The monoisotopic (exact) mass is 381 g/mol. The summed E-state index contributed by atoms with van der Waals surface area (Å²) in [6.45, 7) is 4.27. The van der Waals surface area contributed by atoms with Gasteiger partial charge >= 0.3 is 0 Å². The average Bonchev–Trinajstić information content (AvgIpc) is 3.02. The van der Waals surface area contributed by atoms with E-state index in [-0.39, 0.29) is 18.0 Å². The van der Waals surface area contributed by atoms with Gasteiger partial charge in [0.25, 0.3) is 5.56 Å². The molecule has 1 atom stereocenters. The number of carbonyl (C=O) groups excluding carboxylic acids is 1. The number of fused-ring (bicyclic) bond motifs is 3. The number of amides is 1. The van der Waals surface area contributed by atoms with Gasteiger partial charge in [-0.3, -0.25) is 14.2 Å². The van der Waals surface area contributed by atoms with Gasteiger partial charge in [-0.15, -0.1) is 11.3 Å². The van der Waals surface area contributed by atoms with Gasteiger partial charge in [-0.25, -0.2) is 4.98 Å². The minimum atomic E-state index is -0.211. The Morgan fingerprint density at radius 1 is 1.37 bits per heavy atom. The lowest BCUT2D eigenvalue weighted by Crippen LogP contribution is -2.28. The lowest BCUT2D eigenvalue weighted by Gasteiger charge is -2.17. The maximum atomic E-state index is 13.0. The van der Waals surface area contributed by atoms with Crippen LogP contribution < -0.4 is 10.9 Å². The van der Waals surface area contributed by atoms with Gasteiger partial charge < -0.3 is 5.32 Å². The van der Waals surface area contributed by atoms with Crippen LogP contribution in [0.25, 0.3) is 10.2 Å². The molecule has 0 spiro atoms. The third kappa shape index (κ3) is 3.41. The number of hydrogen-bond acceptors (Lipinski definition) is 4. The van der Waals surface area contributed by atoms with Gasteiger partial charge in [0, 0.05) is 10.6 Å². The van der Waals surface area contributed by atoms with Gasteiger partial charge in [-0.05, 0) is 48.8 Å². The van der Waals surface area contributed by atoms with Gasteiger partial charge in [0.2, 0.25) is 5.91 Å². The van der Waals surface area contributed by atoms with Gasteiger partial charge in [-0.1, -0.05) is 32.0 Å². The van der Waals surface area contributed by atoms with Crippen LogP contribution in [0.3, 0.4) is 0 Å². The highest BCUT2D eigenvalue weighted by molar-refractivity contribution is 7.18. The van der Waals surface area contributed by atoms with E-state index in [9.17, 15) is 9.59 Å². The lowest BCUT2D eigenvalue weighted by molar-refractivity contribution is -0.116. The highest BCUT2D eigenvalue weighted by atomic mass is 32.1. The summed E-state index contributed by atoms with van der Waals surface area (Å²) in [6, 6.07) is 7.73. The molecular formula is C21H23N3O2S. The van der Waals surface area contributed by atoms with Gasteiger partial charge in [0.15, 0.2) is 0 Å². The standard InChI is InChI=1S/C21H23N3O2S/c1-3-14-6-4-5-7-16(14)23-18(25)11-24-12-22-20-19(21(24)26)15-9-8-13(2)10-17(15)27-20/h4-7,12-13H,3,8-11H2,1-2H3,(H,23,25)/t13-/m1/s1. The zero-order chi connectivity index (χ0) is 19.0. The smallest absolute Gasteiger partial charge is 0.262 e. The Kier molecular flexibility index (Phi) is 4.83. The van der Waals surface area contributed by atoms with Crippen LogP contribution in [0.2, 0.25) is 0 Å². The molecule has 0 fully saturated rings. The van der Waals surface area contributed by atoms with Crippen molar-refractivity contribution in [1.82, 2.24) is 9.55 Å². The molecule has 2 heterocycles. The first-order valence-corrected chi connectivity index (χ1v) is 10.3. The van der Waals surface area contributed by atoms with Crippen LogP contribution in [0.4, 0.5) is 5.69 Å². The van der Waals surface area contributed by atoms with Crippen molar-refractivity contribution in [3.63, 3.8) is 0 Å². The van der Waals surface area contributed by atoms with E-state index in [1.54, 1.807) is 11.3 Å². The van der Waals surface area contributed by atoms with Gasteiger partial charge in [-0.2, -0.15) is 0 Å². The highest BCUT2D eigenvalue weighted by Crippen LogP contribution is 2.35. The molecule has 1 aliphatic carbocycles. The molecular weight excluding hydrogens is 358 g/mol. The fourth-order valence-corrected chi connectivity index (χ4v) is 5.11. The predicted molar refractivity (Wildman–Crippen MR) is 110 cm³/mol.